The minimum Gasteiger partial charge on any atom is -0.507 e. The Morgan fingerprint density at radius 2 is 1.83 bits per heavy atom. The maximum Gasteiger partial charge on any atom is 0.339 e. The summed E-state index contributed by atoms with van der Waals surface area (Å²) in [7, 11) is 0. The zero-order valence-electron chi connectivity index (χ0n) is 18.0. The number of nitrogens with zero attached hydrogens (tertiary/aromatic N) is 3. The molecule has 0 aliphatic rings. The number of anilines is 1. The summed E-state index contributed by atoms with van der Waals surface area (Å²) in [4.78, 5) is 34.0. The number of fused-ring (bicyclic) bond motifs is 1. The van der Waals surface area contributed by atoms with Crippen molar-refractivity contribution in [3.8, 4) is 22.1 Å². The van der Waals surface area contributed by atoms with Gasteiger partial charge in [-0.25, -0.2) is 19.3 Å². The fourth-order valence-corrected chi connectivity index (χ4v) is 4.59. The van der Waals surface area contributed by atoms with Gasteiger partial charge in [-0.3, -0.25) is 4.79 Å². The van der Waals surface area contributed by atoms with Crippen LogP contribution in [0, 0.1) is 0 Å². The van der Waals surface area contributed by atoms with Crippen LogP contribution in [0.15, 0.2) is 76.9 Å². The van der Waals surface area contributed by atoms with Gasteiger partial charge in [0, 0.05) is 27.7 Å². The van der Waals surface area contributed by atoms with Crippen molar-refractivity contribution in [3.63, 3.8) is 0 Å². The standard InChI is InChI=1S/C25H17ClN4O4S/c26-15-7-5-14(6-8-15)20-13-35-25(29-20)30-22(28-19-4-2-1-3-17(19)23(30)32)12-27-16-9-10-18(24(33)34)21(31)11-16/h1-11,13,27,31H,12H2,(H,33,34). The molecule has 0 aliphatic carbocycles. The van der Waals surface area contributed by atoms with Gasteiger partial charge in [-0.15, -0.1) is 11.3 Å². The second-order valence-corrected chi connectivity index (χ2v) is 8.87. The van der Waals surface area contributed by atoms with E-state index in [0.29, 0.717) is 38.3 Å². The van der Waals surface area contributed by atoms with E-state index in [-0.39, 0.29) is 23.4 Å². The van der Waals surface area contributed by atoms with Crippen LogP contribution in [0.2, 0.25) is 5.02 Å². The second kappa shape index (κ2) is 9.21. The molecule has 0 aliphatic heterocycles. The van der Waals surface area contributed by atoms with E-state index in [1.54, 1.807) is 36.4 Å². The molecular weight excluding hydrogens is 488 g/mol. The first-order valence-corrected chi connectivity index (χ1v) is 11.7. The Kier molecular flexibility index (Phi) is 5.94. The summed E-state index contributed by atoms with van der Waals surface area (Å²) in [5, 5.41) is 25.6. The van der Waals surface area contributed by atoms with E-state index < -0.39 is 5.97 Å². The van der Waals surface area contributed by atoms with Crippen molar-refractivity contribution in [2.24, 2.45) is 0 Å². The van der Waals surface area contributed by atoms with E-state index in [1.165, 1.54) is 34.1 Å². The molecule has 3 N–H and O–H groups in total. The Morgan fingerprint density at radius 1 is 1.06 bits per heavy atom. The number of aromatic hydroxyl groups is 1. The van der Waals surface area contributed by atoms with Crippen LogP contribution < -0.4 is 10.9 Å². The van der Waals surface area contributed by atoms with Crippen molar-refractivity contribution in [3.05, 3.63) is 98.9 Å². The van der Waals surface area contributed by atoms with Crippen LogP contribution >= 0.6 is 22.9 Å². The smallest absolute Gasteiger partial charge is 0.339 e. The molecule has 2 heterocycles. The monoisotopic (exact) mass is 504 g/mol. The molecule has 0 atom stereocenters. The molecule has 2 aromatic heterocycles. The summed E-state index contributed by atoms with van der Waals surface area (Å²) in [6.45, 7) is 0.127. The number of carboxylic acid groups (broad SMARTS) is 1. The number of phenols is 1. The van der Waals surface area contributed by atoms with Gasteiger partial charge in [0.25, 0.3) is 5.56 Å². The van der Waals surface area contributed by atoms with Crippen LogP contribution in [0.25, 0.3) is 27.3 Å². The number of aromatic nitrogens is 3. The number of carboxylic acids is 1. The van der Waals surface area contributed by atoms with Crippen LogP contribution in [0.4, 0.5) is 5.69 Å². The third-order valence-electron chi connectivity index (χ3n) is 5.35. The maximum atomic E-state index is 13.5. The Morgan fingerprint density at radius 3 is 2.57 bits per heavy atom. The van der Waals surface area contributed by atoms with Gasteiger partial charge in [0.05, 0.1) is 23.1 Å². The van der Waals surface area contributed by atoms with Crippen molar-refractivity contribution < 1.29 is 15.0 Å². The minimum absolute atomic E-state index is 0.127. The summed E-state index contributed by atoms with van der Waals surface area (Å²) in [5.41, 5.74) is 2.14. The molecule has 0 spiro atoms. The Labute approximate surface area is 207 Å². The molecular formula is C25H17ClN4O4S. The fourth-order valence-electron chi connectivity index (χ4n) is 3.62. The van der Waals surface area contributed by atoms with Crippen LogP contribution in [0.3, 0.4) is 0 Å². The normalized spacial score (nSPS) is 11.0. The van der Waals surface area contributed by atoms with Crippen LogP contribution in [0.1, 0.15) is 16.2 Å². The zero-order valence-corrected chi connectivity index (χ0v) is 19.5. The molecule has 5 aromatic rings. The summed E-state index contributed by atoms with van der Waals surface area (Å²) in [6, 6.07) is 18.5. The number of halogens is 1. The molecule has 0 amide bonds. The van der Waals surface area contributed by atoms with E-state index in [9.17, 15) is 14.7 Å². The first-order valence-electron chi connectivity index (χ1n) is 10.4. The molecule has 10 heteroatoms. The summed E-state index contributed by atoms with van der Waals surface area (Å²) in [6.07, 6.45) is 0. The van der Waals surface area contributed by atoms with E-state index in [1.807, 2.05) is 17.5 Å². The first kappa shape index (κ1) is 22.6. The van der Waals surface area contributed by atoms with Gasteiger partial charge in [0.2, 0.25) is 0 Å². The highest BCUT2D eigenvalue weighted by Gasteiger charge is 2.17. The number of rotatable bonds is 6. The van der Waals surface area contributed by atoms with Crippen LogP contribution in [-0.2, 0) is 6.54 Å². The third-order valence-corrected chi connectivity index (χ3v) is 6.43. The second-order valence-electron chi connectivity index (χ2n) is 7.60. The van der Waals surface area contributed by atoms with Gasteiger partial charge in [0.1, 0.15) is 17.1 Å². The van der Waals surface area contributed by atoms with E-state index in [0.717, 1.165) is 5.56 Å². The van der Waals surface area contributed by atoms with Gasteiger partial charge in [-0.1, -0.05) is 35.9 Å². The molecule has 3 aromatic carbocycles. The lowest BCUT2D eigenvalue weighted by molar-refractivity contribution is 0.0694. The number of carbonyl (C=O) groups is 1. The third kappa shape index (κ3) is 4.46. The zero-order chi connectivity index (χ0) is 24.5. The van der Waals surface area contributed by atoms with Gasteiger partial charge >= 0.3 is 5.97 Å². The lowest BCUT2D eigenvalue weighted by Crippen LogP contribution is -2.25. The first-order chi connectivity index (χ1) is 16.9. The molecule has 0 unspecified atom stereocenters. The van der Waals surface area contributed by atoms with E-state index in [4.69, 9.17) is 16.7 Å². The number of para-hydroxylation sites is 1. The molecule has 35 heavy (non-hydrogen) atoms. The SMILES string of the molecule is O=C(O)c1ccc(NCc2nc3ccccc3c(=O)n2-c2nc(-c3ccc(Cl)cc3)cs2)cc1O. The topological polar surface area (TPSA) is 117 Å². The number of nitrogens with one attached hydrogen (secondary N) is 1. The summed E-state index contributed by atoms with van der Waals surface area (Å²) < 4.78 is 1.46. The minimum atomic E-state index is -1.22. The molecule has 5 rings (SSSR count). The average molecular weight is 505 g/mol. The van der Waals surface area contributed by atoms with Crippen molar-refractivity contribution in [2.75, 3.05) is 5.32 Å². The molecule has 0 saturated carbocycles. The quantitative estimate of drug-likeness (QED) is 0.291. The number of aromatic carboxylic acids is 1. The number of thiazole rings is 1. The maximum absolute atomic E-state index is 13.5. The lowest BCUT2D eigenvalue weighted by Gasteiger charge is -2.13. The van der Waals surface area contributed by atoms with Gasteiger partial charge in [-0.2, -0.15) is 0 Å². The van der Waals surface area contributed by atoms with Gasteiger partial charge in [0.15, 0.2) is 5.13 Å². The van der Waals surface area contributed by atoms with E-state index in [2.05, 4.69) is 15.3 Å². The highest BCUT2D eigenvalue weighted by molar-refractivity contribution is 7.12. The Balaban J connectivity index is 1.55. The Hall–Kier alpha value is -4.21. The highest BCUT2D eigenvalue weighted by atomic mass is 35.5. The predicted molar refractivity (Wildman–Crippen MR) is 136 cm³/mol. The Bertz CT molecular complexity index is 1630. The summed E-state index contributed by atoms with van der Waals surface area (Å²) in [5.74, 6) is -1.18. The number of hydrogen-bond donors (Lipinski definition) is 3. The van der Waals surface area contributed by atoms with Crippen LogP contribution in [-0.4, -0.2) is 30.7 Å². The molecule has 0 fully saturated rings. The van der Waals surface area contributed by atoms with Gasteiger partial charge < -0.3 is 15.5 Å². The predicted octanol–water partition coefficient (Wildman–Crippen LogP) is 5.18. The van der Waals surface area contributed by atoms with Crippen LogP contribution in [0.5, 0.6) is 5.75 Å². The van der Waals surface area contributed by atoms with E-state index >= 15 is 0 Å². The molecule has 8 nitrogen and oxygen atoms in total. The molecule has 174 valence electrons. The lowest BCUT2D eigenvalue weighted by atomic mass is 10.2. The molecule has 0 bridgehead atoms. The number of hydrogen-bond acceptors (Lipinski definition) is 7. The summed E-state index contributed by atoms with van der Waals surface area (Å²) >= 11 is 7.31. The van der Waals surface area contributed by atoms with Crippen molar-refractivity contribution in [1.82, 2.24) is 14.5 Å². The molecule has 0 radical (unpaired) electrons. The number of benzene rings is 3. The highest BCUT2D eigenvalue weighted by Crippen LogP contribution is 2.27. The fraction of sp³-hybridized carbons (Fsp3) is 0.0400. The largest absolute Gasteiger partial charge is 0.507 e. The van der Waals surface area contributed by atoms with Crippen molar-refractivity contribution in [2.45, 2.75) is 6.54 Å². The van der Waals surface area contributed by atoms with Crippen molar-refractivity contribution in [1.29, 1.82) is 0 Å². The molecule has 0 saturated heterocycles. The average Bonchev–Trinajstić information content (AvgIpc) is 3.33. The van der Waals surface area contributed by atoms with Crippen molar-refractivity contribution >= 4 is 45.5 Å². The van der Waals surface area contributed by atoms with Gasteiger partial charge in [-0.05, 0) is 36.4 Å².